The number of halogens is 2. The fourth-order valence-electron chi connectivity index (χ4n) is 0.984. The van der Waals surface area contributed by atoms with Crippen molar-refractivity contribution in [2.75, 3.05) is 0 Å². The first-order valence-electron chi connectivity index (χ1n) is 3.50. The van der Waals surface area contributed by atoms with Gasteiger partial charge in [-0.2, -0.15) is 0 Å². The Morgan fingerprint density at radius 3 is 2.77 bits per heavy atom. The van der Waals surface area contributed by atoms with E-state index in [2.05, 4.69) is 14.9 Å². The lowest BCUT2D eigenvalue weighted by Crippen LogP contribution is -1.88. The van der Waals surface area contributed by atoms with Gasteiger partial charge in [-0.1, -0.05) is 6.07 Å². The van der Waals surface area contributed by atoms with Gasteiger partial charge in [-0.15, -0.1) is 5.10 Å². The van der Waals surface area contributed by atoms with Crippen LogP contribution in [-0.2, 0) is 0 Å². The molecule has 0 amide bonds. The zero-order valence-electron chi connectivity index (χ0n) is 6.37. The smallest absolute Gasteiger partial charge is 0.168 e. The molecule has 5 heteroatoms. The van der Waals surface area contributed by atoms with Crippen molar-refractivity contribution in [3.8, 4) is 11.3 Å². The van der Waals surface area contributed by atoms with E-state index >= 15 is 0 Å². The van der Waals surface area contributed by atoms with Crippen molar-refractivity contribution in [1.82, 2.24) is 10.4 Å². The molecule has 1 heterocycles. The van der Waals surface area contributed by atoms with Gasteiger partial charge in [-0.25, -0.2) is 8.78 Å². The Balaban J connectivity index is 2.59. The van der Waals surface area contributed by atoms with E-state index in [0.717, 1.165) is 12.3 Å². The second-order valence-electron chi connectivity index (χ2n) is 2.39. The summed E-state index contributed by atoms with van der Waals surface area (Å²) in [6.07, 6.45) is 1.15. The van der Waals surface area contributed by atoms with Crippen LogP contribution in [0.25, 0.3) is 11.3 Å². The first kappa shape index (κ1) is 7.85. The molecule has 0 spiro atoms. The first-order valence-corrected chi connectivity index (χ1v) is 3.50. The summed E-state index contributed by atoms with van der Waals surface area (Å²) in [7, 11) is 0. The molecule has 0 aliphatic rings. The summed E-state index contributed by atoms with van der Waals surface area (Å²) in [4.78, 5) is 0. The van der Waals surface area contributed by atoms with Crippen LogP contribution in [0, 0.1) is 11.6 Å². The first-order chi connectivity index (χ1) is 6.29. The Morgan fingerprint density at radius 1 is 1.23 bits per heavy atom. The molecule has 13 heavy (non-hydrogen) atoms. The number of benzene rings is 1. The number of nitrogens with zero attached hydrogens (tertiary/aromatic N) is 2. The average Bonchev–Trinajstić information content (AvgIpc) is 2.62. The third-order valence-corrected chi connectivity index (χ3v) is 1.59. The minimum atomic E-state index is -0.946. The predicted molar refractivity (Wildman–Crippen MR) is 39.6 cm³/mol. The molecule has 2 aromatic rings. The standard InChI is InChI=1S/C8H4F2N2O/c9-6-3-1-2-5(8(6)10)7-4-13-12-11-7/h1-4H. The van der Waals surface area contributed by atoms with Gasteiger partial charge < -0.3 is 4.52 Å². The summed E-state index contributed by atoms with van der Waals surface area (Å²) >= 11 is 0. The van der Waals surface area contributed by atoms with Crippen molar-refractivity contribution < 1.29 is 13.3 Å². The zero-order chi connectivity index (χ0) is 9.26. The van der Waals surface area contributed by atoms with E-state index in [1.54, 1.807) is 0 Å². The van der Waals surface area contributed by atoms with E-state index in [1.807, 2.05) is 0 Å². The highest BCUT2D eigenvalue weighted by Gasteiger charge is 2.11. The van der Waals surface area contributed by atoms with Crippen LogP contribution in [0.3, 0.4) is 0 Å². The molecule has 0 saturated carbocycles. The van der Waals surface area contributed by atoms with Gasteiger partial charge in [0, 0.05) is 10.8 Å². The lowest BCUT2D eigenvalue weighted by atomic mass is 10.1. The van der Waals surface area contributed by atoms with Crippen molar-refractivity contribution in [3.05, 3.63) is 36.1 Å². The van der Waals surface area contributed by atoms with Crippen LogP contribution in [0.1, 0.15) is 0 Å². The van der Waals surface area contributed by atoms with E-state index < -0.39 is 11.6 Å². The van der Waals surface area contributed by atoms with Crippen LogP contribution in [0.5, 0.6) is 0 Å². The monoisotopic (exact) mass is 182 g/mol. The van der Waals surface area contributed by atoms with Gasteiger partial charge in [-0.05, 0) is 12.1 Å². The molecule has 0 bridgehead atoms. The normalized spacial score (nSPS) is 10.3. The number of aromatic nitrogens is 2. The molecule has 0 aliphatic carbocycles. The summed E-state index contributed by atoms with van der Waals surface area (Å²) in [5, 5.41) is 6.62. The van der Waals surface area contributed by atoms with E-state index in [9.17, 15) is 8.78 Å². The maximum atomic E-state index is 13.1. The topological polar surface area (TPSA) is 38.9 Å². The minimum Gasteiger partial charge on any atom is -0.345 e. The summed E-state index contributed by atoms with van der Waals surface area (Å²) in [5.74, 6) is -1.86. The third kappa shape index (κ3) is 1.28. The highest BCUT2D eigenvalue weighted by Crippen LogP contribution is 2.21. The molecule has 0 fully saturated rings. The van der Waals surface area contributed by atoms with Crippen molar-refractivity contribution in [3.63, 3.8) is 0 Å². The van der Waals surface area contributed by atoms with Gasteiger partial charge in [0.25, 0.3) is 0 Å². The molecule has 1 aromatic carbocycles. The molecule has 1 aromatic heterocycles. The molecule has 0 aliphatic heterocycles. The Kier molecular flexibility index (Phi) is 1.77. The Hall–Kier alpha value is -1.78. The van der Waals surface area contributed by atoms with Gasteiger partial charge in [-0.3, -0.25) is 0 Å². The molecule has 2 rings (SSSR count). The van der Waals surface area contributed by atoms with Crippen molar-refractivity contribution in [1.29, 1.82) is 0 Å². The second kappa shape index (κ2) is 2.93. The van der Waals surface area contributed by atoms with Crippen LogP contribution >= 0.6 is 0 Å². The predicted octanol–water partition coefficient (Wildman–Crippen LogP) is 2.01. The highest BCUT2D eigenvalue weighted by atomic mass is 19.2. The van der Waals surface area contributed by atoms with Crippen molar-refractivity contribution in [2.45, 2.75) is 0 Å². The molecule has 66 valence electrons. The molecular formula is C8H4F2N2O. The summed E-state index contributed by atoms with van der Waals surface area (Å²) in [6.45, 7) is 0. The molecule has 0 N–H and O–H groups in total. The maximum absolute atomic E-state index is 13.1. The summed E-state index contributed by atoms with van der Waals surface area (Å²) < 4.78 is 30.2. The van der Waals surface area contributed by atoms with E-state index in [-0.39, 0.29) is 11.3 Å². The quantitative estimate of drug-likeness (QED) is 0.677. The lowest BCUT2D eigenvalue weighted by molar-refractivity contribution is 0.393. The molecule has 0 unspecified atom stereocenters. The third-order valence-electron chi connectivity index (χ3n) is 1.59. The van der Waals surface area contributed by atoms with Gasteiger partial charge in [0.2, 0.25) is 0 Å². The molecular weight excluding hydrogens is 178 g/mol. The van der Waals surface area contributed by atoms with Crippen LogP contribution in [-0.4, -0.2) is 10.4 Å². The molecule has 0 saturated heterocycles. The Bertz CT molecular complexity index is 414. The molecule has 0 radical (unpaired) electrons. The minimum absolute atomic E-state index is 0.0428. The van der Waals surface area contributed by atoms with Gasteiger partial charge in [0.05, 0.1) is 0 Å². The van der Waals surface area contributed by atoms with Crippen LogP contribution < -0.4 is 0 Å². The lowest BCUT2D eigenvalue weighted by Gasteiger charge is -1.97. The molecule has 0 atom stereocenters. The number of rotatable bonds is 1. The molecule has 3 nitrogen and oxygen atoms in total. The van der Waals surface area contributed by atoms with Crippen molar-refractivity contribution in [2.24, 2.45) is 0 Å². The highest BCUT2D eigenvalue weighted by molar-refractivity contribution is 5.57. The van der Waals surface area contributed by atoms with Crippen LogP contribution in [0.15, 0.2) is 29.0 Å². The summed E-state index contributed by atoms with van der Waals surface area (Å²) in [5.41, 5.74) is 0.221. The largest absolute Gasteiger partial charge is 0.345 e. The number of hydrogen-bond donors (Lipinski definition) is 0. The fourth-order valence-corrected chi connectivity index (χ4v) is 0.984. The van der Waals surface area contributed by atoms with Crippen molar-refractivity contribution >= 4 is 0 Å². The number of hydrogen-bond acceptors (Lipinski definition) is 3. The van der Waals surface area contributed by atoms with E-state index in [1.165, 1.54) is 12.1 Å². The zero-order valence-corrected chi connectivity index (χ0v) is 6.37. The van der Waals surface area contributed by atoms with Crippen LogP contribution in [0.2, 0.25) is 0 Å². The van der Waals surface area contributed by atoms with Gasteiger partial charge >= 0.3 is 0 Å². The van der Waals surface area contributed by atoms with Gasteiger partial charge in [0.1, 0.15) is 5.69 Å². The summed E-state index contributed by atoms with van der Waals surface area (Å²) in [6, 6.07) is 3.83. The van der Waals surface area contributed by atoms with E-state index in [0.29, 0.717) is 0 Å². The fraction of sp³-hybridized carbons (Fsp3) is 0. The second-order valence-corrected chi connectivity index (χ2v) is 2.39. The Morgan fingerprint density at radius 2 is 2.08 bits per heavy atom. The maximum Gasteiger partial charge on any atom is 0.168 e. The van der Waals surface area contributed by atoms with Crippen LogP contribution in [0.4, 0.5) is 8.78 Å². The Labute approximate surface area is 72.0 Å². The average molecular weight is 182 g/mol. The van der Waals surface area contributed by atoms with Gasteiger partial charge in [0.15, 0.2) is 17.9 Å². The van der Waals surface area contributed by atoms with E-state index in [4.69, 9.17) is 0 Å². The SMILES string of the molecule is Fc1cccc(-c2conn2)c1F.